The zero-order valence-electron chi connectivity index (χ0n) is 11.3. The van der Waals surface area contributed by atoms with Gasteiger partial charge < -0.3 is 10.3 Å². The number of aromatic nitrogens is 1. The number of halogens is 1. The Morgan fingerprint density at radius 1 is 1.28 bits per heavy atom. The van der Waals surface area contributed by atoms with Crippen molar-refractivity contribution < 1.29 is 0 Å². The summed E-state index contributed by atoms with van der Waals surface area (Å²) in [5, 5.41) is 5.53. The van der Waals surface area contributed by atoms with Gasteiger partial charge in [0.1, 0.15) is 0 Å². The van der Waals surface area contributed by atoms with E-state index in [2.05, 4.69) is 43.3 Å². The molecule has 0 fully saturated rings. The van der Waals surface area contributed by atoms with Gasteiger partial charge in [0, 0.05) is 28.7 Å². The highest BCUT2D eigenvalue weighted by molar-refractivity contribution is 6.31. The highest BCUT2D eigenvalue weighted by Crippen LogP contribution is 2.22. The lowest BCUT2D eigenvalue weighted by molar-refractivity contribution is 0.367. The van der Waals surface area contributed by atoms with Crippen molar-refractivity contribution >= 4 is 22.5 Å². The molecule has 0 saturated carbocycles. The minimum atomic E-state index is 0.390. The normalized spacial score (nSPS) is 12.2. The number of benzene rings is 1. The van der Waals surface area contributed by atoms with Crippen LogP contribution in [0.3, 0.4) is 0 Å². The average molecular weight is 265 g/mol. The summed E-state index contributed by atoms with van der Waals surface area (Å²) >= 11 is 5.97. The van der Waals surface area contributed by atoms with E-state index >= 15 is 0 Å². The number of rotatable bonds is 4. The lowest BCUT2D eigenvalue weighted by Gasteiger charge is -2.17. The van der Waals surface area contributed by atoms with Crippen LogP contribution < -0.4 is 5.32 Å². The van der Waals surface area contributed by atoms with Crippen molar-refractivity contribution in [3.63, 3.8) is 0 Å². The van der Waals surface area contributed by atoms with Crippen molar-refractivity contribution in [3.05, 3.63) is 35.0 Å². The van der Waals surface area contributed by atoms with Gasteiger partial charge >= 0.3 is 0 Å². The summed E-state index contributed by atoms with van der Waals surface area (Å²) in [5.41, 5.74) is 2.80. The zero-order valence-corrected chi connectivity index (χ0v) is 12.1. The van der Waals surface area contributed by atoms with Gasteiger partial charge in [-0.1, -0.05) is 38.4 Å². The Balaban J connectivity index is 1.96. The lowest BCUT2D eigenvalue weighted by atomic mass is 9.92. The first-order chi connectivity index (χ1) is 8.46. The largest absolute Gasteiger partial charge is 0.361 e. The van der Waals surface area contributed by atoms with Crippen LogP contribution in [-0.2, 0) is 6.54 Å². The SMILES string of the molecule is CC(C)(C)CCNCc1c[nH]c2cc(Cl)ccc12. The fraction of sp³-hybridized carbons (Fsp3) is 0.467. The summed E-state index contributed by atoms with van der Waals surface area (Å²) in [6.07, 6.45) is 3.24. The Hall–Kier alpha value is -0.990. The van der Waals surface area contributed by atoms with Gasteiger partial charge in [0.2, 0.25) is 0 Å². The van der Waals surface area contributed by atoms with Crippen LogP contribution >= 0.6 is 11.6 Å². The summed E-state index contributed by atoms with van der Waals surface area (Å²) < 4.78 is 0. The molecule has 0 spiro atoms. The van der Waals surface area contributed by atoms with Gasteiger partial charge in [0.25, 0.3) is 0 Å². The molecule has 98 valence electrons. The van der Waals surface area contributed by atoms with Gasteiger partial charge in [-0.25, -0.2) is 0 Å². The maximum Gasteiger partial charge on any atom is 0.0472 e. The Morgan fingerprint density at radius 2 is 2.06 bits per heavy atom. The molecule has 0 aliphatic rings. The molecular weight excluding hydrogens is 244 g/mol. The maximum atomic E-state index is 5.97. The predicted molar refractivity (Wildman–Crippen MR) is 79.1 cm³/mol. The first kappa shape index (κ1) is 13.4. The lowest BCUT2D eigenvalue weighted by Crippen LogP contribution is -2.20. The second-order valence-corrected chi connectivity index (χ2v) is 6.43. The molecule has 0 aliphatic heterocycles. The maximum absolute atomic E-state index is 5.97. The van der Waals surface area contributed by atoms with Crippen molar-refractivity contribution in [1.82, 2.24) is 10.3 Å². The molecule has 3 heteroatoms. The van der Waals surface area contributed by atoms with Crippen molar-refractivity contribution in [2.75, 3.05) is 6.54 Å². The van der Waals surface area contributed by atoms with Gasteiger partial charge in [-0.15, -0.1) is 0 Å². The number of hydrogen-bond donors (Lipinski definition) is 2. The van der Waals surface area contributed by atoms with Crippen LogP contribution in [0.5, 0.6) is 0 Å². The molecule has 18 heavy (non-hydrogen) atoms. The summed E-state index contributed by atoms with van der Waals surface area (Å²) in [4.78, 5) is 3.26. The van der Waals surface area contributed by atoms with E-state index in [4.69, 9.17) is 11.6 Å². The van der Waals surface area contributed by atoms with Crippen molar-refractivity contribution in [1.29, 1.82) is 0 Å². The van der Waals surface area contributed by atoms with E-state index in [0.29, 0.717) is 5.41 Å². The molecule has 1 aromatic heterocycles. The summed E-state index contributed by atoms with van der Waals surface area (Å²) in [6.45, 7) is 8.74. The number of hydrogen-bond acceptors (Lipinski definition) is 1. The van der Waals surface area contributed by atoms with Crippen molar-refractivity contribution in [2.24, 2.45) is 5.41 Å². The first-order valence-electron chi connectivity index (χ1n) is 6.42. The van der Waals surface area contributed by atoms with E-state index in [9.17, 15) is 0 Å². The van der Waals surface area contributed by atoms with Gasteiger partial charge in [0.15, 0.2) is 0 Å². The van der Waals surface area contributed by atoms with Gasteiger partial charge in [-0.2, -0.15) is 0 Å². The number of aromatic amines is 1. The first-order valence-corrected chi connectivity index (χ1v) is 6.80. The van der Waals surface area contributed by atoms with Crippen LogP contribution in [-0.4, -0.2) is 11.5 Å². The Bertz CT molecular complexity index is 523. The standard InChI is InChI=1S/C15H21ClN2/c1-15(2,3)6-7-17-9-11-10-18-14-8-12(16)4-5-13(11)14/h4-5,8,10,17-18H,6-7,9H2,1-3H3. The Kier molecular flexibility index (Phi) is 3.98. The molecule has 0 unspecified atom stereocenters. The molecule has 1 aromatic carbocycles. The third kappa shape index (κ3) is 3.50. The van der Waals surface area contributed by atoms with Gasteiger partial charge in [-0.3, -0.25) is 0 Å². The van der Waals surface area contributed by atoms with Crippen LogP contribution in [0.2, 0.25) is 5.02 Å². The fourth-order valence-corrected chi connectivity index (χ4v) is 2.16. The van der Waals surface area contributed by atoms with Crippen molar-refractivity contribution in [3.8, 4) is 0 Å². The molecule has 0 saturated heterocycles. The van der Waals surface area contributed by atoms with Gasteiger partial charge in [-0.05, 0) is 36.1 Å². The van der Waals surface area contributed by atoms with E-state index in [1.165, 1.54) is 17.4 Å². The molecule has 0 amide bonds. The topological polar surface area (TPSA) is 27.8 Å². The molecule has 2 nitrogen and oxygen atoms in total. The molecule has 2 aromatic rings. The molecule has 2 rings (SSSR count). The van der Waals surface area contributed by atoms with E-state index in [1.807, 2.05) is 12.1 Å². The summed E-state index contributed by atoms with van der Waals surface area (Å²) in [7, 11) is 0. The van der Waals surface area contributed by atoms with Crippen LogP contribution in [0.1, 0.15) is 32.8 Å². The van der Waals surface area contributed by atoms with Crippen LogP contribution in [0.4, 0.5) is 0 Å². The van der Waals surface area contributed by atoms with Crippen LogP contribution in [0.25, 0.3) is 10.9 Å². The van der Waals surface area contributed by atoms with E-state index in [-0.39, 0.29) is 0 Å². The Labute approximate surface area is 114 Å². The molecule has 0 aliphatic carbocycles. The van der Waals surface area contributed by atoms with Crippen LogP contribution in [0, 0.1) is 5.41 Å². The molecule has 0 bridgehead atoms. The third-order valence-electron chi connectivity index (χ3n) is 3.10. The average Bonchev–Trinajstić information content (AvgIpc) is 2.65. The molecule has 2 N–H and O–H groups in total. The Morgan fingerprint density at radius 3 is 2.78 bits per heavy atom. The zero-order chi connectivity index (χ0) is 13.2. The second-order valence-electron chi connectivity index (χ2n) is 5.99. The van der Waals surface area contributed by atoms with E-state index in [1.54, 1.807) is 0 Å². The monoisotopic (exact) mass is 264 g/mol. The number of H-pyrrole nitrogens is 1. The van der Waals surface area contributed by atoms with Crippen LogP contribution in [0.15, 0.2) is 24.4 Å². The number of nitrogens with one attached hydrogen (secondary N) is 2. The highest BCUT2D eigenvalue weighted by Gasteiger charge is 2.09. The van der Waals surface area contributed by atoms with E-state index in [0.717, 1.165) is 23.6 Å². The highest BCUT2D eigenvalue weighted by atomic mass is 35.5. The summed E-state index contributed by atoms with van der Waals surface area (Å²) in [5.74, 6) is 0. The minimum Gasteiger partial charge on any atom is -0.361 e. The van der Waals surface area contributed by atoms with Crippen molar-refractivity contribution in [2.45, 2.75) is 33.7 Å². The third-order valence-corrected chi connectivity index (χ3v) is 3.33. The predicted octanol–water partition coefficient (Wildman–Crippen LogP) is 4.35. The van der Waals surface area contributed by atoms with Gasteiger partial charge in [0.05, 0.1) is 0 Å². The van der Waals surface area contributed by atoms with E-state index < -0.39 is 0 Å². The second kappa shape index (κ2) is 5.33. The molecule has 0 radical (unpaired) electrons. The number of fused-ring (bicyclic) bond motifs is 1. The quantitative estimate of drug-likeness (QED) is 0.790. The summed E-state index contributed by atoms with van der Waals surface area (Å²) in [6, 6.07) is 5.99. The molecular formula is C15H21ClN2. The minimum absolute atomic E-state index is 0.390. The smallest absolute Gasteiger partial charge is 0.0472 e. The molecule has 0 atom stereocenters. The fourth-order valence-electron chi connectivity index (χ4n) is 1.99. The molecule has 1 heterocycles.